The maximum absolute atomic E-state index is 13.4. The van der Waals surface area contributed by atoms with Gasteiger partial charge in [0.1, 0.15) is 6.61 Å². The summed E-state index contributed by atoms with van der Waals surface area (Å²) >= 11 is 0. The molecule has 1 aliphatic heterocycles. The minimum absolute atomic E-state index is 0.154. The molecule has 1 aliphatic rings. The van der Waals surface area contributed by atoms with Crippen LogP contribution in [0.4, 0.5) is 52.7 Å². The molecule has 0 radical (unpaired) electrons. The Hall–Kier alpha value is -1.34. The summed E-state index contributed by atoms with van der Waals surface area (Å²) in [5.41, 5.74) is 0. The van der Waals surface area contributed by atoms with Crippen molar-refractivity contribution in [1.82, 2.24) is 0 Å². The molecule has 2 nitrogen and oxygen atoms in total. The molecule has 1 atom stereocenters. The van der Waals surface area contributed by atoms with Gasteiger partial charge < -0.3 is 9.47 Å². The zero-order valence-corrected chi connectivity index (χ0v) is 12.3. The Morgan fingerprint density at radius 2 is 1.42 bits per heavy atom. The van der Waals surface area contributed by atoms with Crippen molar-refractivity contribution in [3.05, 3.63) is 12.3 Å². The van der Waals surface area contributed by atoms with E-state index in [-0.39, 0.29) is 12.8 Å². The Bertz CT molecular complexity index is 516. The molecule has 0 aromatic carbocycles. The van der Waals surface area contributed by atoms with Gasteiger partial charge in [-0.3, -0.25) is 0 Å². The Balaban J connectivity index is 3.08. The molecular formula is C12H10F12O2. The second-order valence-corrected chi connectivity index (χ2v) is 5.18. The summed E-state index contributed by atoms with van der Waals surface area (Å²) in [6, 6.07) is 0. The molecule has 0 bridgehead atoms. The predicted octanol–water partition coefficient (Wildman–Crippen LogP) is 5.09. The normalized spacial score (nSPS) is 20.4. The van der Waals surface area contributed by atoms with Crippen molar-refractivity contribution < 1.29 is 62.2 Å². The lowest BCUT2D eigenvalue weighted by atomic mass is 9.94. The number of ether oxygens (including phenoxy) is 2. The van der Waals surface area contributed by atoms with Crippen molar-refractivity contribution in [2.24, 2.45) is 0 Å². The summed E-state index contributed by atoms with van der Waals surface area (Å²) in [5.74, 6) is -35.3. The fraction of sp³-hybridized carbons (Fsp3) is 0.833. The van der Waals surface area contributed by atoms with Gasteiger partial charge in [-0.05, 0) is 12.5 Å². The van der Waals surface area contributed by atoms with Gasteiger partial charge in [-0.2, -0.15) is 43.9 Å². The van der Waals surface area contributed by atoms with E-state index in [1.807, 2.05) is 0 Å². The Morgan fingerprint density at radius 1 is 0.885 bits per heavy atom. The molecule has 26 heavy (non-hydrogen) atoms. The summed E-state index contributed by atoms with van der Waals surface area (Å²) in [6.07, 6.45) is -4.91. The van der Waals surface area contributed by atoms with Crippen LogP contribution in [0.5, 0.6) is 0 Å². The van der Waals surface area contributed by atoms with Gasteiger partial charge in [-0.25, -0.2) is 8.78 Å². The predicted molar refractivity (Wildman–Crippen MR) is 59.9 cm³/mol. The third kappa shape index (κ3) is 3.56. The first kappa shape index (κ1) is 22.7. The standard InChI is InChI=1S/C12H10F12O2/c13-7(14)9(17,18)11(21,22)12(23,24)10(19,20)8(15,16)5-26-6-3-1-2-4-25-6/h2,4,6-7H,1,3,5H2. The molecule has 0 aromatic rings. The zero-order chi connectivity index (χ0) is 20.6. The molecule has 1 unspecified atom stereocenters. The molecule has 0 N–H and O–H groups in total. The third-order valence-corrected chi connectivity index (χ3v) is 3.29. The average molecular weight is 414 g/mol. The Labute approximate surface area is 137 Å². The van der Waals surface area contributed by atoms with Crippen molar-refractivity contribution in [1.29, 1.82) is 0 Å². The topological polar surface area (TPSA) is 18.5 Å². The van der Waals surface area contributed by atoms with E-state index in [0.29, 0.717) is 0 Å². The fourth-order valence-corrected chi connectivity index (χ4v) is 1.70. The third-order valence-electron chi connectivity index (χ3n) is 3.29. The first-order chi connectivity index (χ1) is 11.5. The monoisotopic (exact) mass is 414 g/mol. The summed E-state index contributed by atoms with van der Waals surface area (Å²) in [6.45, 7) is -2.62. The number of allylic oxidation sites excluding steroid dienone is 1. The largest absolute Gasteiger partial charge is 0.473 e. The van der Waals surface area contributed by atoms with Crippen molar-refractivity contribution in [3.8, 4) is 0 Å². The van der Waals surface area contributed by atoms with E-state index in [1.54, 1.807) is 0 Å². The molecule has 0 fully saturated rings. The van der Waals surface area contributed by atoms with E-state index in [2.05, 4.69) is 9.47 Å². The molecule has 0 aromatic heterocycles. The van der Waals surface area contributed by atoms with Crippen LogP contribution in [0, 0.1) is 0 Å². The number of hydrogen-bond donors (Lipinski definition) is 0. The van der Waals surface area contributed by atoms with Crippen LogP contribution in [-0.4, -0.2) is 48.9 Å². The van der Waals surface area contributed by atoms with Crippen LogP contribution in [-0.2, 0) is 9.47 Å². The van der Waals surface area contributed by atoms with Gasteiger partial charge >= 0.3 is 36.0 Å². The maximum atomic E-state index is 13.4. The highest BCUT2D eigenvalue weighted by atomic mass is 19.4. The number of alkyl halides is 12. The van der Waals surface area contributed by atoms with Crippen molar-refractivity contribution >= 4 is 0 Å². The van der Waals surface area contributed by atoms with Gasteiger partial charge in [-0.15, -0.1) is 0 Å². The van der Waals surface area contributed by atoms with Crippen LogP contribution >= 0.6 is 0 Å². The molecular weight excluding hydrogens is 404 g/mol. The van der Waals surface area contributed by atoms with Crippen molar-refractivity contribution in [3.63, 3.8) is 0 Å². The molecule has 1 rings (SSSR count). The first-order valence-electron chi connectivity index (χ1n) is 6.61. The fourth-order valence-electron chi connectivity index (χ4n) is 1.70. The summed E-state index contributed by atoms with van der Waals surface area (Å²) < 4.78 is 163. The van der Waals surface area contributed by atoms with Gasteiger partial charge in [0.25, 0.3) is 0 Å². The number of halogens is 12. The smallest absolute Gasteiger partial charge is 0.384 e. The molecule has 0 saturated carbocycles. The van der Waals surface area contributed by atoms with E-state index in [0.717, 1.165) is 6.26 Å². The van der Waals surface area contributed by atoms with E-state index >= 15 is 0 Å². The van der Waals surface area contributed by atoms with E-state index in [9.17, 15) is 52.7 Å². The minimum Gasteiger partial charge on any atom is -0.473 e. The first-order valence-corrected chi connectivity index (χ1v) is 6.61. The quantitative estimate of drug-likeness (QED) is 0.515. The minimum atomic E-state index is -7.54. The maximum Gasteiger partial charge on any atom is 0.384 e. The molecule has 154 valence electrons. The zero-order valence-electron chi connectivity index (χ0n) is 12.3. The molecule has 0 amide bonds. The van der Waals surface area contributed by atoms with E-state index in [1.165, 1.54) is 6.08 Å². The second kappa shape index (κ2) is 7.00. The molecule has 0 spiro atoms. The SMILES string of the molecule is FC(F)C(F)(F)C(F)(F)C(F)(F)C(F)(F)C(F)(F)COC1CCC=CO1. The van der Waals surface area contributed by atoms with E-state index < -0.39 is 48.9 Å². The highest BCUT2D eigenvalue weighted by Crippen LogP contribution is 2.58. The van der Waals surface area contributed by atoms with Gasteiger partial charge in [0.2, 0.25) is 0 Å². The lowest BCUT2D eigenvalue weighted by Crippen LogP contribution is -2.69. The lowest BCUT2D eigenvalue weighted by Gasteiger charge is -2.39. The molecule has 0 aliphatic carbocycles. The van der Waals surface area contributed by atoms with Crippen molar-refractivity contribution in [2.75, 3.05) is 6.61 Å². The molecule has 0 saturated heterocycles. The number of rotatable bonds is 8. The van der Waals surface area contributed by atoms with Crippen LogP contribution < -0.4 is 0 Å². The van der Waals surface area contributed by atoms with Crippen molar-refractivity contribution in [2.45, 2.75) is 55.2 Å². The summed E-state index contributed by atoms with van der Waals surface area (Å²) in [4.78, 5) is 0. The molecule has 1 heterocycles. The highest BCUT2D eigenvalue weighted by Gasteiger charge is 2.87. The average Bonchev–Trinajstić information content (AvgIpc) is 2.53. The van der Waals surface area contributed by atoms with Crippen LogP contribution in [0.25, 0.3) is 0 Å². The van der Waals surface area contributed by atoms with Crippen LogP contribution in [0.2, 0.25) is 0 Å². The van der Waals surface area contributed by atoms with Crippen LogP contribution in [0.1, 0.15) is 12.8 Å². The Morgan fingerprint density at radius 3 is 1.85 bits per heavy atom. The summed E-state index contributed by atoms with van der Waals surface area (Å²) in [7, 11) is 0. The highest BCUT2D eigenvalue weighted by molar-refractivity contribution is 5.09. The van der Waals surface area contributed by atoms with Gasteiger partial charge in [0.15, 0.2) is 6.29 Å². The van der Waals surface area contributed by atoms with Crippen LogP contribution in [0.3, 0.4) is 0 Å². The second-order valence-electron chi connectivity index (χ2n) is 5.18. The Kier molecular flexibility index (Phi) is 6.11. The number of hydrogen-bond acceptors (Lipinski definition) is 2. The lowest BCUT2D eigenvalue weighted by molar-refractivity contribution is -0.417. The van der Waals surface area contributed by atoms with Gasteiger partial charge in [-0.1, -0.05) is 0 Å². The van der Waals surface area contributed by atoms with Gasteiger partial charge in [0.05, 0.1) is 6.26 Å². The van der Waals surface area contributed by atoms with Gasteiger partial charge in [0, 0.05) is 6.42 Å². The summed E-state index contributed by atoms with van der Waals surface area (Å²) in [5, 5.41) is 0. The van der Waals surface area contributed by atoms with Crippen LogP contribution in [0.15, 0.2) is 12.3 Å². The van der Waals surface area contributed by atoms with E-state index in [4.69, 9.17) is 0 Å². The molecule has 14 heteroatoms.